The SMILES string of the molecule is CCCCCCCC/C=C\CCCCCCCC(=O)O[C@H](CO)COP(=O)(O)OC[C@H](N)C(=O)O. The van der Waals surface area contributed by atoms with Crippen molar-refractivity contribution < 1.29 is 43.0 Å². The molecular formula is C24H46NO9P. The molecule has 5 N–H and O–H groups in total. The van der Waals surface area contributed by atoms with E-state index in [1.807, 2.05) is 0 Å². The Morgan fingerprint density at radius 3 is 1.94 bits per heavy atom. The van der Waals surface area contributed by atoms with E-state index >= 15 is 0 Å². The summed E-state index contributed by atoms with van der Waals surface area (Å²) < 4.78 is 25.9. The maximum absolute atomic E-state index is 11.9. The monoisotopic (exact) mass is 523 g/mol. The summed E-state index contributed by atoms with van der Waals surface area (Å²) in [6, 6.07) is -1.49. The van der Waals surface area contributed by atoms with Gasteiger partial charge in [0, 0.05) is 6.42 Å². The average molecular weight is 524 g/mol. The number of allylic oxidation sites excluding steroid dienone is 2. The quantitative estimate of drug-likeness (QED) is 0.0613. The van der Waals surface area contributed by atoms with Crippen molar-refractivity contribution in [2.45, 2.75) is 109 Å². The standard InChI is InChI=1S/C24H46NO9P/c1-2-3-4-5-6-7-8-9-10-11-12-13-14-15-16-17-23(27)34-21(18-26)19-32-35(30,31)33-20-22(25)24(28)29/h9-10,21-22,26H,2-8,11-20,25H2,1H3,(H,28,29)(H,30,31)/b10-9-/t21-,22+/m1/s1. The molecule has 0 fully saturated rings. The molecule has 1 unspecified atom stereocenters. The molecule has 0 spiro atoms. The number of phosphoric ester groups is 1. The van der Waals surface area contributed by atoms with Gasteiger partial charge in [0.2, 0.25) is 0 Å². The molecule has 0 aliphatic heterocycles. The average Bonchev–Trinajstić information content (AvgIpc) is 2.82. The number of aliphatic hydroxyl groups is 1. The Balaban J connectivity index is 3.77. The van der Waals surface area contributed by atoms with E-state index in [2.05, 4.69) is 28.1 Å². The fraction of sp³-hybridized carbons (Fsp3) is 0.833. The molecule has 0 amide bonds. The van der Waals surface area contributed by atoms with Crippen molar-refractivity contribution in [1.29, 1.82) is 0 Å². The summed E-state index contributed by atoms with van der Waals surface area (Å²) in [5.74, 6) is -1.94. The molecular weight excluding hydrogens is 477 g/mol. The Morgan fingerprint density at radius 1 is 0.886 bits per heavy atom. The van der Waals surface area contributed by atoms with E-state index in [4.69, 9.17) is 15.6 Å². The number of carboxylic acids is 1. The molecule has 11 heteroatoms. The van der Waals surface area contributed by atoms with Crippen LogP contribution in [0, 0.1) is 0 Å². The van der Waals surface area contributed by atoms with Crippen LogP contribution in [0.2, 0.25) is 0 Å². The smallest absolute Gasteiger partial charge is 0.472 e. The van der Waals surface area contributed by atoms with Crippen molar-refractivity contribution in [2.75, 3.05) is 19.8 Å². The predicted molar refractivity (Wildman–Crippen MR) is 134 cm³/mol. The molecule has 0 aromatic rings. The Labute approximate surface area is 209 Å². The second kappa shape index (κ2) is 21.9. The number of aliphatic hydroxyl groups excluding tert-OH is 1. The normalized spacial score (nSPS) is 15.1. The molecule has 0 bridgehead atoms. The highest BCUT2D eigenvalue weighted by atomic mass is 31.2. The molecule has 0 aliphatic carbocycles. The Kier molecular flexibility index (Phi) is 21.1. The molecule has 0 rings (SSSR count). The second-order valence-electron chi connectivity index (χ2n) is 8.63. The van der Waals surface area contributed by atoms with Crippen molar-refractivity contribution in [1.82, 2.24) is 0 Å². The van der Waals surface area contributed by atoms with Crippen molar-refractivity contribution in [3.05, 3.63) is 12.2 Å². The Morgan fingerprint density at radius 2 is 1.40 bits per heavy atom. The highest BCUT2D eigenvalue weighted by Gasteiger charge is 2.27. The number of hydrogen-bond donors (Lipinski definition) is 4. The lowest BCUT2D eigenvalue weighted by molar-refractivity contribution is -0.153. The van der Waals surface area contributed by atoms with Gasteiger partial charge in [-0.3, -0.25) is 18.6 Å². The van der Waals surface area contributed by atoms with Crippen LogP contribution in [0.15, 0.2) is 12.2 Å². The molecule has 0 saturated heterocycles. The van der Waals surface area contributed by atoms with Crippen molar-refractivity contribution >= 4 is 19.8 Å². The van der Waals surface area contributed by atoms with Crippen LogP contribution >= 0.6 is 7.82 Å². The van der Waals surface area contributed by atoms with Gasteiger partial charge in [0.25, 0.3) is 0 Å². The number of rotatable bonds is 24. The lowest BCUT2D eigenvalue weighted by Crippen LogP contribution is -2.34. The highest BCUT2D eigenvalue weighted by Crippen LogP contribution is 2.43. The maximum Gasteiger partial charge on any atom is 0.472 e. The molecule has 3 atom stereocenters. The largest absolute Gasteiger partial charge is 0.480 e. The summed E-state index contributed by atoms with van der Waals surface area (Å²) in [5.41, 5.74) is 5.18. The number of phosphoric acid groups is 1. The number of nitrogens with two attached hydrogens (primary N) is 1. The first kappa shape index (κ1) is 33.7. The van der Waals surface area contributed by atoms with Gasteiger partial charge in [-0.05, 0) is 32.1 Å². The Bertz CT molecular complexity index is 630. The number of carboxylic acid groups (broad SMARTS) is 1. The van der Waals surface area contributed by atoms with E-state index in [9.17, 15) is 24.2 Å². The topological polar surface area (TPSA) is 166 Å². The van der Waals surface area contributed by atoms with Gasteiger partial charge in [0.1, 0.15) is 12.1 Å². The number of esters is 1. The van der Waals surface area contributed by atoms with Gasteiger partial charge in [0.15, 0.2) is 0 Å². The van der Waals surface area contributed by atoms with Crippen LogP contribution in [-0.4, -0.2) is 59.0 Å². The maximum atomic E-state index is 11.9. The van der Waals surface area contributed by atoms with E-state index in [0.29, 0.717) is 6.42 Å². The van der Waals surface area contributed by atoms with E-state index < -0.39 is 51.7 Å². The summed E-state index contributed by atoms with van der Waals surface area (Å²) >= 11 is 0. The fourth-order valence-electron chi connectivity index (χ4n) is 3.17. The van der Waals surface area contributed by atoms with Gasteiger partial charge in [-0.25, -0.2) is 4.57 Å². The van der Waals surface area contributed by atoms with Gasteiger partial charge in [-0.15, -0.1) is 0 Å². The fourth-order valence-corrected chi connectivity index (χ4v) is 3.95. The van der Waals surface area contributed by atoms with Crippen LogP contribution in [0.5, 0.6) is 0 Å². The zero-order valence-corrected chi connectivity index (χ0v) is 22.0. The van der Waals surface area contributed by atoms with Crippen LogP contribution < -0.4 is 5.73 Å². The molecule has 0 aliphatic rings. The summed E-state index contributed by atoms with van der Waals surface area (Å²) in [6.45, 7) is 0.313. The van der Waals surface area contributed by atoms with Crippen molar-refractivity contribution in [3.63, 3.8) is 0 Å². The number of carbonyl (C=O) groups is 2. The molecule has 10 nitrogen and oxygen atoms in total. The molecule has 0 heterocycles. The van der Waals surface area contributed by atoms with Crippen LogP contribution in [-0.2, 0) is 27.9 Å². The predicted octanol–water partition coefficient (Wildman–Crippen LogP) is 4.47. The summed E-state index contributed by atoms with van der Waals surface area (Å²) in [6.07, 6.45) is 18.5. The third kappa shape index (κ3) is 21.7. The van der Waals surface area contributed by atoms with E-state index in [-0.39, 0.29) is 6.42 Å². The minimum atomic E-state index is -4.60. The van der Waals surface area contributed by atoms with Gasteiger partial charge >= 0.3 is 19.8 Å². The number of aliphatic carboxylic acids is 1. The third-order valence-electron chi connectivity index (χ3n) is 5.30. The zero-order valence-electron chi connectivity index (χ0n) is 21.1. The summed E-state index contributed by atoms with van der Waals surface area (Å²) in [7, 11) is -4.60. The van der Waals surface area contributed by atoms with Crippen LogP contribution in [0.3, 0.4) is 0 Å². The number of unbranched alkanes of at least 4 members (excludes halogenated alkanes) is 11. The lowest BCUT2D eigenvalue weighted by Gasteiger charge is -2.18. The van der Waals surface area contributed by atoms with Gasteiger partial charge in [0.05, 0.1) is 19.8 Å². The van der Waals surface area contributed by atoms with E-state index in [1.165, 1.54) is 38.5 Å². The molecule has 0 radical (unpaired) electrons. The van der Waals surface area contributed by atoms with Gasteiger partial charge in [-0.1, -0.05) is 70.4 Å². The van der Waals surface area contributed by atoms with Crippen LogP contribution in [0.1, 0.15) is 96.8 Å². The van der Waals surface area contributed by atoms with Crippen molar-refractivity contribution in [2.24, 2.45) is 5.73 Å². The molecule has 206 valence electrons. The summed E-state index contributed by atoms with van der Waals surface area (Å²) in [5, 5.41) is 17.9. The Hall–Kier alpha value is -1.29. The first-order valence-electron chi connectivity index (χ1n) is 12.8. The second-order valence-corrected chi connectivity index (χ2v) is 10.1. The molecule has 35 heavy (non-hydrogen) atoms. The number of ether oxygens (including phenoxy) is 1. The van der Waals surface area contributed by atoms with E-state index in [0.717, 1.165) is 38.5 Å². The van der Waals surface area contributed by atoms with E-state index in [1.54, 1.807) is 0 Å². The van der Waals surface area contributed by atoms with Gasteiger partial charge < -0.3 is 25.6 Å². The highest BCUT2D eigenvalue weighted by molar-refractivity contribution is 7.47. The van der Waals surface area contributed by atoms with Crippen molar-refractivity contribution in [3.8, 4) is 0 Å². The number of hydrogen-bond acceptors (Lipinski definition) is 8. The molecule has 0 saturated carbocycles. The first-order chi connectivity index (χ1) is 16.7. The van der Waals surface area contributed by atoms with Crippen LogP contribution in [0.4, 0.5) is 0 Å². The van der Waals surface area contributed by atoms with Crippen LogP contribution in [0.25, 0.3) is 0 Å². The minimum absolute atomic E-state index is 0.176. The summed E-state index contributed by atoms with van der Waals surface area (Å²) in [4.78, 5) is 32.0. The minimum Gasteiger partial charge on any atom is -0.480 e. The molecule has 0 aromatic heterocycles. The van der Waals surface area contributed by atoms with Gasteiger partial charge in [-0.2, -0.15) is 0 Å². The lowest BCUT2D eigenvalue weighted by atomic mass is 10.1. The molecule has 0 aromatic carbocycles. The number of carbonyl (C=O) groups excluding carboxylic acids is 1. The first-order valence-corrected chi connectivity index (χ1v) is 14.3. The third-order valence-corrected chi connectivity index (χ3v) is 6.25. The zero-order chi connectivity index (χ0) is 26.4.